The number of ether oxygens (including phenoxy) is 5. The molecule has 2 heterocycles. The number of amides is 1. The van der Waals surface area contributed by atoms with Gasteiger partial charge in [0.1, 0.15) is 0 Å². The molecule has 5 atom stereocenters. The number of hydrogen-bond acceptors (Lipinski definition) is 11. The van der Waals surface area contributed by atoms with Crippen molar-refractivity contribution >= 4 is 5.91 Å². The lowest BCUT2D eigenvalue weighted by Gasteiger charge is -2.41. The number of carbonyl (C=O) groups is 1. The zero-order valence-electron chi connectivity index (χ0n) is 25.6. The van der Waals surface area contributed by atoms with E-state index in [0.717, 1.165) is 68.6 Å². The quantitative estimate of drug-likeness (QED) is 0.153. The number of aliphatic hydroxyl groups excluding tert-OH is 1. The van der Waals surface area contributed by atoms with Gasteiger partial charge in [-0.05, 0) is 99.4 Å². The van der Waals surface area contributed by atoms with Crippen LogP contribution in [0.2, 0.25) is 0 Å². The van der Waals surface area contributed by atoms with Crippen LogP contribution >= 0.6 is 0 Å². The second-order valence-electron chi connectivity index (χ2n) is 11.5. The third-order valence-corrected chi connectivity index (χ3v) is 8.79. The maximum Gasteiger partial charge on any atom is 0.231 e. The number of hydrogen-bond donors (Lipinski definition) is 6. The van der Waals surface area contributed by atoms with Crippen molar-refractivity contribution in [3.63, 3.8) is 0 Å². The molecule has 7 N–H and O–H groups in total. The van der Waals surface area contributed by atoms with Gasteiger partial charge in [-0.15, -0.1) is 0 Å². The fourth-order valence-electron chi connectivity index (χ4n) is 6.60. The molecular formula is C32H46N4O8. The molecule has 44 heavy (non-hydrogen) atoms. The van der Waals surface area contributed by atoms with Gasteiger partial charge in [0.25, 0.3) is 0 Å². The number of nitrogens with two attached hydrogens (primary N) is 1. The minimum Gasteiger partial charge on any atom is -0.502 e. The van der Waals surface area contributed by atoms with E-state index in [2.05, 4.69) is 16.0 Å². The fourth-order valence-corrected chi connectivity index (χ4v) is 6.60. The molecule has 2 aromatic rings. The number of carbonyl (C=O) groups excluding carboxylic acids is 1. The standard InChI is InChI=1S/C32H46N4O8/c1-40-25-13-19(14-26(41-2)31(25)38)28-20-15-23-24(44-18-43-23)16-21(20)30(22-17-42-32(39)29(22)28)36-27(37)7-3-4-9-34-11-6-12-35-10-5-8-33/h13-16,22,28-30,32,34-35,38-39H,3-12,17-18,33H2,1-2H3,(H,36,37)/t22-,28+,29-,30+,32?/m0/s1. The molecule has 2 aliphatic heterocycles. The van der Waals surface area contributed by atoms with Crippen LogP contribution < -0.4 is 40.6 Å². The molecule has 0 saturated carbocycles. The fraction of sp³-hybridized carbons (Fsp3) is 0.594. The van der Waals surface area contributed by atoms with Crippen LogP contribution in [-0.4, -0.2) is 82.8 Å². The van der Waals surface area contributed by atoms with Crippen LogP contribution in [0.1, 0.15) is 60.8 Å². The number of rotatable bonds is 16. The first-order chi connectivity index (χ1) is 21.5. The highest BCUT2D eigenvalue weighted by Gasteiger charge is 2.52. The van der Waals surface area contributed by atoms with E-state index in [0.29, 0.717) is 24.5 Å². The van der Waals surface area contributed by atoms with Crippen molar-refractivity contribution in [2.75, 3.05) is 60.3 Å². The Morgan fingerprint density at radius 3 is 2.23 bits per heavy atom. The monoisotopic (exact) mass is 614 g/mol. The number of benzene rings is 2. The first-order valence-electron chi connectivity index (χ1n) is 15.6. The summed E-state index contributed by atoms with van der Waals surface area (Å²) in [5, 5.41) is 31.8. The molecule has 3 aliphatic rings. The van der Waals surface area contributed by atoms with Gasteiger partial charge in [0.2, 0.25) is 18.4 Å². The summed E-state index contributed by atoms with van der Waals surface area (Å²) in [4.78, 5) is 13.3. The molecule has 12 nitrogen and oxygen atoms in total. The Morgan fingerprint density at radius 1 is 0.932 bits per heavy atom. The lowest BCUT2D eigenvalue weighted by Crippen LogP contribution is -2.43. The second kappa shape index (κ2) is 15.1. The maximum atomic E-state index is 13.3. The first kappa shape index (κ1) is 32.1. The molecule has 1 amide bonds. The highest BCUT2D eigenvalue weighted by Crippen LogP contribution is 2.56. The average molecular weight is 615 g/mol. The predicted molar refractivity (Wildman–Crippen MR) is 163 cm³/mol. The summed E-state index contributed by atoms with van der Waals surface area (Å²) in [6.07, 6.45) is 3.04. The molecule has 1 fully saturated rings. The lowest BCUT2D eigenvalue weighted by molar-refractivity contribution is -0.122. The Kier molecular flexibility index (Phi) is 11.0. The molecule has 0 bridgehead atoms. The Balaban J connectivity index is 1.30. The largest absolute Gasteiger partial charge is 0.502 e. The summed E-state index contributed by atoms with van der Waals surface area (Å²) in [7, 11) is 2.96. The van der Waals surface area contributed by atoms with Crippen molar-refractivity contribution in [2.24, 2.45) is 17.6 Å². The smallest absolute Gasteiger partial charge is 0.231 e. The summed E-state index contributed by atoms with van der Waals surface area (Å²) in [5.74, 6) is 0.624. The highest BCUT2D eigenvalue weighted by molar-refractivity contribution is 5.77. The molecule has 0 radical (unpaired) electrons. The van der Waals surface area contributed by atoms with Crippen molar-refractivity contribution in [2.45, 2.75) is 50.4 Å². The number of aromatic hydroxyl groups is 1. The number of aliphatic hydroxyl groups is 1. The number of unbranched alkanes of at least 4 members (excludes halogenated alkanes) is 1. The Labute approximate surface area is 258 Å². The number of fused-ring (bicyclic) bond motifs is 3. The summed E-state index contributed by atoms with van der Waals surface area (Å²) in [5.41, 5.74) is 8.05. The van der Waals surface area contributed by atoms with Crippen LogP contribution in [0.4, 0.5) is 0 Å². The van der Waals surface area contributed by atoms with Crippen LogP contribution in [0.5, 0.6) is 28.7 Å². The second-order valence-corrected chi connectivity index (χ2v) is 11.5. The number of nitrogens with one attached hydrogen (secondary N) is 3. The summed E-state index contributed by atoms with van der Waals surface area (Å²) < 4.78 is 28.2. The zero-order chi connectivity index (χ0) is 31.1. The van der Waals surface area contributed by atoms with Gasteiger partial charge in [-0.1, -0.05) is 0 Å². The summed E-state index contributed by atoms with van der Waals surface area (Å²) in [6, 6.07) is 6.97. The van der Waals surface area contributed by atoms with E-state index in [1.807, 2.05) is 12.1 Å². The van der Waals surface area contributed by atoms with Gasteiger partial charge in [0, 0.05) is 24.2 Å². The molecule has 242 valence electrons. The van der Waals surface area contributed by atoms with Gasteiger partial charge in [0.05, 0.1) is 26.9 Å². The number of methoxy groups -OCH3 is 2. The van der Waals surface area contributed by atoms with E-state index >= 15 is 0 Å². The van der Waals surface area contributed by atoms with Crippen molar-refractivity contribution in [3.05, 3.63) is 41.0 Å². The van der Waals surface area contributed by atoms with Crippen molar-refractivity contribution in [1.82, 2.24) is 16.0 Å². The van der Waals surface area contributed by atoms with Crippen LogP contribution in [0.15, 0.2) is 24.3 Å². The Hall–Kier alpha value is -3.29. The topological polar surface area (TPSA) is 166 Å². The number of phenolic OH excluding ortho intramolecular Hbond substituents is 1. The Bertz CT molecular complexity index is 1250. The first-order valence-corrected chi connectivity index (χ1v) is 15.6. The van der Waals surface area contributed by atoms with Gasteiger partial charge in [-0.25, -0.2) is 0 Å². The third kappa shape index (κ3) is 7.00. The van der Waals surface area contributed by atoms with Crippen LogP contribution in [0.25, 0.3) is 0 Å². The SMILES string of the molecule is COc1cc([C@@H]2c3cc4c(cc3[C@@H](NC(=O)CCCCNCCCNCCCN)[C@H]3COC(O)[C@H]23)OCO4)cc(OC)c1O. The van der Waals surface area contributed by atoms with Gasteiger partial charge in [-0.3, -0.25) is 4.79 Å². The molecule has 0 aromatic heterocycles. The van der Waals surface area contributed by atoms with Crippen molar-refractivity contribution in [3.8, 4) is 28.7 Å². The zero-order valence-corrected chi connectivity index (χ0v) is 25.6. The molecule has 0 spiro atoms. The van der Waals surface area contributed by atoms with Crippen molar-refractivity contribution in [1.29, 1.82) is 0 Å². The predicted octanol–water partition coefficient (Wildman–Crippen LogP) is 2.11. The minimum atomic E-state index is -1.06. The molecule has 1 saturated heterocycles. The van der Waals surface area contributed by atoms with Gasteiger partial charge in [0.15, 0.2) is 29.3 Å². The van der Waals surface area contributed by atoms with E-state index in [-0.39, 0.29) is 54.3 Å². The molecule has 12 heteroatoms. The average Bonchev–Trinajstić information content (AvgIpc) is 3.65. The summed E-state index contributed by atoms with van der Waals surface area (Å²) >= 11 is 0. The Morgan fingerprint density at radius 2 is 1.57 bits per heavy atom. The third-order valence-electron chi connectivity index (χ3n) is 8.79. The van der Waals surface area contributed by atoms with Crippen LogP contribution in [0.3, 0.4) is 0 Å². The van der Waals surface area contributed by atoms with E-state index < -0.39 is 12.3 Å². The molecular weight excluding hydrogens is 568 g/mol. The maximum absolute atomic E-state index is 13.3. The number of phenols is 1. The molecule has 5 rings (SSSR count). The van der Waals surface area contributed by atoms with Crippen molar-refractivity contribution < 1.29 is 38.7 Å². The van der Waals surface area contributed by atoms with E-state index in [1.165, 1.54) is 14.2 Å². The normalized spacial score (nSPS) is 23.2. The van der Waals surface area contributed by atoms with Gasteiger partial charge >= 0.3 is 0 Å². The molecule has 1 aliphatic carbocycles. The van der Waals surface area contributed by atoms with E-state index in [1.54, 1.807) is 12.1 Å². The van der Waals surface area contributed by atoms with Crippen LogP contribution in [0, 0.1) is 11.8 Å². The summed E-state index contributed by atoms with van der Waals surface area (Å²) in [6.45, 7) is 4.80. The molecule has 2 aromatic carbocycles. The van der Waals surface area contributed by atoms with E-state index in [9.17, 15) is 15.0 Å². The van der Waals surface area contributed by atoms with Crippen LogP contribution in [-0.2, 0) is 9.53 Å². The lowest BCUT2D eigenvalue weighted by atomic mass is 9.65. The highest BCUT2D eigenvalue weighted by atomic mass is 16.7. The van der Waals surface area contributed by atoms with E-state index in [4.69, 9.17) is 29.4 Å². The van der Waals surface area contributed by atoms with Gasteiger partial charge in [-0.2, -0.15) is 0 Å². The minimum absolute atomic E-state index is 0.0470. The molecule has 1 unspecified atom stereocenters. The van der Waals surface area contributed by atoms with Gasteiger partial charge < -0.3 is 55.6 Å².